The molecule has 8 nitrogen and oxygen atoms in total. The molecule has 1 aromatic heterocycles. The molecule has 1 N–H and O–H groups in total. The van der Waals surface area contributed by atoms with Gasteiger partial charge in [-0.1, -0.05) is 0 Å². The summed E-state index contributed by atoms with van der Waals surface area (Å²) in [6, 6.07) is 1.77. The molecule has 21 heavy (non-hydrogen) atoms. The quantitative estimate of drug-likeness (QED) is 0.743. The maximum absolute atomic E-state index is 11.8. The number of hydrogen-bond donors (Lipinski definition) is 1. The summed E-state index contributed by atoms with van der Waals surface area (Å²) in [6.45, 7) is 1.79. The molecule has 2 heterocycles. The molecule has 0 spiro atoms. The van der Waals surface area contributed by atoms with Crippen LogP contribution in [0.25, 0.3) is 0 Å². The molecule has 118 valence electrons. The molecule has 1 amide bonds. The Morgan fingerprint density at radius 2 is 2.24 bits per heavy atom. The van der Waals surface area contributed by atoms with Crippen LogP contribution < -0.4 is 4.72 Å². The van der Waals surface area contributed by atoms with E-state index in [1.807, 2.05) is 15.6 Å². The third-order valence-corrected chi connectivity index (χ3v) is 4.08. The molecule has 0 saturated heterocycles. The molecule has 0 bridgehead atoms. The largest absolute Gasteiger partial charge is 0.348 e. The Balaban J connectivity index is 2.08. The van der Waals surface area contributed by atoms with Crippen molar-refractivity contribution in [2.24, 2.45) is 0 Å². The van der Waals surface area contributed by atoms with E-state index in [0.29, 0.717) is 19.6 Å². The maximum atomic E-state index is 11.8. The van der Waals surface area contributed by atoms with Crippen LogP contribution >= 0.6 is 0 Å². The van der Waals surface area contributed by atoms with Crippen LogP contribution in [0.4, 0.5) is 0 Å². The molecule has 1 aliphatic rings. The first-order valence-electron chi connectivity index (χ1n) is 6.66. The summed E-state index contributed by atoms with van der Waals surface area (Å²) in [6.07, 6.45) is 2.83. The molecule has 0 saturated carbocycles. The summed E-state index contributed by atoms with van der Waals surface area (Å²) < 4.78 is 26.9. The topological polar surface area (TPSA) is 87.5 Å². The number of carbonyl (C=O) groups is 1. The van der Waals surface area contributed by atoms with Crippen molar-refractivity contribution in [3.63, 3.8) is 0 Å². The van der Waals surface area contributed by atoms with Gasteiger partial charge in [0.1, 0.15) is 0 Å². The predicted molar refractivity (Wildman–Crippen MR) is 78.1 cm³/mol. The lowest BCUT2D eigenvalue weighted by molar-refractivity contribution is -0.130. The fourth-order valence-electron chi connectivity index (χ4n) is 2.32. The first-order valence-corrected chi connectivity index (χ1v) is 8.55. The highest BCUT2D eigenvalue weighted by Crippen LogP contribution is 2.19. The summed E-state index contributed by atoms with van der Waals surface area (Å²) in [5.41, 5.74) is 0.980. The van der Waals surface area contributed by atoms with Crippen molar-refractivity contribution in [3.05, 3.63) is 18.0 Å². The SMILES string of the molecule is CN(C)C(=O)CN1Cc2ccnn2C(CNS(C)(=O)=O)C1. The monoisotopic (exact) mass is 315 g/mol. The van der Waals surface area contributed by atoms with Gasteiger partial charge in [-0.05, 0) is 6.07 Å². The number of hydrogen-bond acceptors (Lipinski definition) is 5. The van der Waals surface area contributed by atoms with E-state index in [9.17, 15) is 13.2 Å². The summed E-state index contributed by atoms with van der Waals surface area (Å²) >= 11 is 0. The Kier molecular flexibility index (Phi) is 4.64. The maximum Gasteiger partial charge on any atom is 0.236 e. The van der Waals surface area contributed by atoms with E-state index in [2.05, 4.69) is 9.82 Å². The van der Waals surface area contributed by atoms with Crippen LogP contribution in [0.2, 0.25) is 0 Å². The number of carbonyl (C=O) groups excluding carboxylic acids is 1. The Morgan fingerprint density at radius 3 is 2.86 bits per heavy atom. The molecule has 0 aliphatic carbocycles. The highest BCUT2D eigenvalue weighted by molar-refractivity contribution is 7.88. The molecule has 1 unspecified atom stereocenters. The van der Waals surface area contributed by atoms with Crippen LogP contribution in [0.3, 0.4) is 0 Å². The zero-order valence-electron chi connectivity index (χ0n) is 12.5. The second-order valence-electron chi connectivity index (χ2n) is 5.50. The second-order valence-corrected chi connectivity index (χ2v) is 7.33. The lowest BCUT2D eigenvalue weighted by Crippen LogP contribution is -2.46. The zero-order valence-corrected chi connectivity index (χ0v) is 13.3. The van der Waals surface area contributed by atoms with Crippen LogP contribution in [0.1, 0.15) is 11.7 Å². The molecular formula is C12H21N5O3S. The van der Waals surface area contributed by atoms with Crippen molar-refractivity contribution in [3.8, 4) is 0 Å². The van der Waals surface area contributed by atoms with E-state index in [4.69, 9.17) is 0 Å². The number of fused-ring (bicyclic) bond motifs is 1. The van der Waals surface area contributed by atoms with Gasteiger partial charge in [-0.2, -0.15) is 5.10 Å². The van der Waals surface area contributed by atoms with Crippen molar-refractivity contribution < 1.29 is 13.2 Å². The van der Waals surface area contributed by atoms with Gasteiger partial charge in [0, 0.05) is 39.9 Å². The van der Waals surface area contributed by atoms with Crippen molar-refractivity contribution in [2.75, 3.05) is 40.0 Å². The Bertz CT molecular complexity index is 610. The number of rotatable bonds is 5. The van der Waals surface area contributed by atoms with Crippen LogP contribution in [0, 0.1) is 0 Å². The molecule has 1 aliphatic heterocycles. The smallest absolute Gasteiger partial charge is 0.236 e. The molecular weight excluding hydrogens is 294 g/mol. The molecule has 9 heteroatoms. The average molecular weight is 315 g/mol. The second kappa shape index (κ2) is 6.12. The zero-order chi connectivity index (χ0) is 15.6. The molecule has 0 aromatic carbocycles. The Hall–Kier alpha value is -1.45. The van der Waals surface area contributed by atoms with Crippen LogP contribution in [0.15, 0.2) is 12.3 Å². The molecule has 1 aromatic rings. The minimum absolute atomic E-state index is 0.0257. The fourth-order valence-corrected chi connectivity index (χ4v) is 2.81. The summed E-state index contributed by atoms with van der Waals surface area (Å²) in [7, 11) is 0.195. The lowest BCUT2D eigenvalue weighted by atomic mass is 10.2. The minimum Gasteiger partial charge on any atom is -0.348 e. The number of amides is 1. The van der Waals surface area contributed by atoms with Crippen molar-refractivity contribution >= 4 is 15.9 Å². The molecule has 1 atom stereocenters. The van der Waals surface area contributed by atoms with Gasteiger partial charge in [-0.25, -0.2) is 13.1 Å². The first-order chi connectivity index (χ1) is 9.76. The van der Waals surface area contributed by atoms with E-state index in [-0.39, 0.29) is 18.5 Å². The van der Waals surface area contributed by atoms with Gasteiger partial charge in [0.2, 0.25) is 15.9 Å². The minimum atomic E-state index is -3.25. The van der Waals surface area contributed by atoms with Gasteiger partial charge < -0.3 is 4.90 Å². The number of nitrogens with one attached hydrogen (secondary N) is 1. The third kappa shape index (κ3) is 4.26. The van der Waals surface area contributed by atoms with Gasteiger partial charge in [0.25, 0.3) is 0 Å². The van der Waals surface area contributed by atoms with Crippen molar-refractivity contribution in [1.29, 1.82) is 0 Å². The van der Waals surface area contributed by atoms with E-state index >= 15 is 0 Å². The van der Waals surface area contributed by atoms with E-state index in [1.165, 1.54) is 0 Å². The van der Waals surface area contributed by atoms with Gasteiger partial charge in [0.05, 0.1) is 24.5 Å². The highest BCUT2D eigenvalue weighted by atomic mass is 32.2. The fraction of sp³-hybridized carbons (Fsp3) is 0.667. The van der Waals surface area contributed by atoms with Crippen molar-refractivity contribution in [1.82, 2.24) is 24.3 Å². The van der Waals surface area contributed by atoms with Gasteiger partial charge in [0.15, 0.2) is 0 Å². The van der Waals surface area contributed by atoms with Gasteiger partial charge in [-0.15, -0.1) is 0 Å². The Morgan fingerprint density at radius 1 is 1.52 bits per heavy atom. The van der Waals surface area contributed by atoms with E-state index < -0.39 is 10.0 Å². The van der Waals surface area contributed by atoms with Crippen LogP contribution in [-0.2, 0) is 21.4 Å². The van der Waals surface area contributed by atoms with Crippen LogP contribution in [0.5, 0.6) is 0 Å². The summed E-state index contributed by atoms with van der Waals surface area (Å²) in [5, 5.41) is 4.25. The van der Waals surface area contributed by atoms with Crippen molar-refractivity contribution in [2.45, 2.75) is 12.6 Å². The van der Waals surface area contributed by atoms with Crippen LogP contribution in [-0.4, -0.2) is 73.9 Å². The first kappa shape index (κ1) is 15.9. The van der Waals surface area contributed by atoms with E-state index in [1.54, 1.807) is 25.2 Å². The van der Waals surface area contributed by atoms with Gasteiger partial charge in [-0.3, -0.25) is 14.4 Å². The third-order valence-electron chi connectivity index (χ3n) is 3.39. The number of sulfonamides is 1. The van der Waals surface area contributed by atoms with Gasteiger partial charge >= 0.3 is 0 Å². The molecule has 0 fully saturated rings. The Labute approximate surface area is 124 Å². The summed E-state index contributed by atoms with van der Waals surface area (Å²) in [5.74, 6) is 0.0257. The highest BCUT2D eigenvalue weighted by Gasteiger charge is 2.27. The predicted octanol–water partition coefficient (Wildman–Crippen LogP) is -1.12. The molecule has 0 radical (unpaired) electrons. The number of aromatic nitrogens is 2. The normalized spacial score (nSPS) is 19.3. The lowest BCUT2D eigenvalue weighted by Gasteiger charge is -2.33. The average Bonchev–Trinajstić information content (AvgIpc) is 2.83. The summed E-state index contributed by atoms with van der Waals surface area (Å²) in [4.78, 5) is 15.4. The number of likely N-dealkylation sites (N-methyl/N-ethyl adjacent to an activating group) is 1. The van der Waals surface area contributed by atoms with E-state index in [0.717, 1.165) is 11.9 Å². The number of nitrogens with zero attached hydrogens (tertiary/aromatic N) is 4. The molecule has 2 rings (SSSR count). The standard InChI is InChI=1S/C12H21N5O3S/c1-15(2)12(18)9-16-7-10-4-5-13-17(10)11(8-16)6-14-21(3,19)20/h4-5,11,14H,6-9H2,1-3H3.